The van der Waals surface area contributed by atoms with Gasteiger partial charge in [0.15, 0.2) is 11.5 Å². The van der Waals surface area contributed by atoms with E-state index >= 15 is 0 Å². The van der Waals surface area contributed by atoms with Gasteiger partial charge in [0, 0.05) is 23.6 Å². The largest absolute Gasteiger partial charge is 0.493 e. The Kier molecular flexibility index (Phi) is 7.77. The second-order valence-corrected chi connectivity index (χ2v) is 8.28. The van der Waals surface area contributed by atoms with Gasteiger partial charge >= 0.3 is 0 Å². The van der Waals surface area contributed by atoms with Gasteiger partial charge in [0.1, 0.15) is 6.61 Å². The molecule has 152 valence electrons. The van der Waals surface area contributed by atoms with Crippen LogP contribution in [0.5, 0.6) is 11.5 Å². The molecule has 0 aromatic heterocycles. The van der Waals surface area contributed by atoms with Crippen molar-refractivity contribution in [3.63, 3.8) is 0 Å². The molecule has 28 heavy (non-hydrogen) atoms. The molecule has 4 nitrogen and oxygen atoms in total. The molecule has 2 aromatic carbocycles. The highest BCUT2D eigenvalue weighted by Gasteiger charge is 2.22. The van der Waals surface area contributed by atoms with Gasteiger partial charge in [-0.25, -0.2) is 0 Å². The molecule has 1 atom stereocenters. The van der Waals surface area contributed by atoms with Gasteiger partial charge < -0.3 is 14.8 Å². The zero-order chi connectivity index (χ0) is 19.9. The van der Waals surface area contributed by atoms with Gasteiger partial charge in [0.2, 0.25) is 0 Å². The summed E-state index contributed by atoms with van der Waals surface area (Å²) in [6.07, 6.45) is 2.60. The van der Waals surface area contributed by atoms with Crippen LogP contribution < -0.4 is 14.8 Å². The molecule has 1 unspecified atom stereocenters. The van der Waals surface area contributed by atoms with Crippen LogP contribution in [-0.4, -0.2) is 37.7 Å². The molecular weight excluding hydrogens is 416 g/mol. The first-order chi connectivity index (χ1) is 13.6. The van der Waals surface area contributed by atoms with E-state index in [2.05, 4.69) is 70.3 Å². The maximum atomic E-state index is 6.04. The lowest BCUT2D eigenvalue weighted by Crippen LogP contribution is -2.37. The number of nitrogens with zero attached hydrogens (tertiary/aromatic N) is 1. The molecule has 1 heterocycles. The Morgan fingerprint density at radius 3 is 2.82 bits per heavy atom. The maximum Gasteiger partial charge on any atom is 0.162 e. The van der Waals surface area contributed by atoms with Gasteiger partial charge in [-0.05, 0) is 56.1 Å². The van der Waals surface area contributed by atoms with Crippen LogP contribution in [0.4, 0.5) is 0 Å². The van der Waals surface area contributed by atoms with Crippen LogP contribution in [0.15, 0.2) is 40.9 Å². The first kappa shape index (κ1) is 21.2. The number of hydrogen-bond donors (Lipinski definition) is 1. The Bertz CT molecular complexity index is 781. The lowest BCUT2D eigenvalue weighted by atomic mass is 10.1. The number of methoxy groups -OCH3 is 1. The number of rotatable bonds is 9. The van der Waals surface area contributed by atoms with E-state index in [0.717, 1.165) is 41.2 Å². The summed E-state index contributed by atoms with van der Waals surface area (Å²) >= 11 is 3.70. The van der Waals surface area contributed by atoms with Crippen LogP contribution in [0, 0.1) is 6.92 Å². The van der Waals surface area contributed by atoms with Gasteiger partial charge in [-0.2, -0.15) is 0 Å². The third kappa shape index (κ3) is 5.49. The Labute approximate surface area is 177 Å². The van der Waals surface area contributed by atoms with E-state index in [-0.39, 0.29) is 0 Å². The first-order valence-electron chi connectivity index (χ1n) is 10.1. The summed E-state index contributed by atoms with van der Waals surface area (Å²) in [5.41, 5.74) is 3.57. The van der Waals surface area contributed by atoms with Crippen molar-refractivity contribution < 1.29 is 9.47 Å². The van der Waals surface area contributed by atoms with Crippen LogP contribution in [0.3, 0.4) is 0 Å². The fourth-order valence-corrected chi connectivity index (χ4v) is 4.33. The van der Waals surface area contributed by atoms with Crippen molar-refractivity contribution in [3.05, 3.63) is 57.6 Å². The number of likely N-dealkylation sites (tertiary alicyclic amines) is 1. The summed E-state index contributed by atoms with van der Waals surface area (Å²) in [4.78, 5) is 2.56. The monoisotopic (exact) mass is 446 g/mol. The smallest absolute Gasteiger partial charge is 0.162 e. The summed E-state index contributed by atoms with van der Waals surface area (Å²) in [5, 5.41) is 3.62. The summed E-state index contributed by atoms with van der Waals surface area (Å²) < 4.78 is 12.7. The topological polar surface area (TPSA) is 33.7 Å². The van der Waals surface area contributed by atoms with E-state index in [4.69, 9.17) is 9.47 Å². The van der Waals surface area contributed by atoms with E-state index in [1.165, 1.54) is 30.5 Å². The quantitative estimate of drug-likeness (QED) is 0.592. The van der Waals surface area contributed by atoms with E-state index in [1.807, 2.05) is 6.07 Å². The zero-order valence-electron chi connectivity index (χ0n) is 17.1. The molecule has 0 aliphatic carbocycles. The first-order valence-corrected chi connectivity index (χ1v) is 10.9. The third-order valence-corrected chi connectivity index (χ3v) is 6.15. The molecule has 0 saturated carbocycles. The van der Waals surface area contributed by atoms with Gasteiger partial charge in [-0.1, -0.05) is 52.7 Å². The zero-order valence-corrected chi connectivity index (χ0v) is 18.7. The molecule has 3 rings (SSSR count). The highest BCUT2D eigenvalue weighted by Crippen LogP contribution is 2.34. The van der Waals surface area contributed by atoms with Crippen LogP contribution in [0.1, 0.15) is 36.5 Å². The Balaban J connectivity index is 1.60. The lowest BCUT2D eigenvalue weighted by molar-refractivity contribution is 0.259. The van der Waals surface area contributed by atoms with E-state index < -0.39 is 0 Å². The van der Waals surface area contributed by atoms with Crippen molar-refractivity contribution in [2.75, 3.05) is 26.7 Å². The third-order valence-electron chi connectivity index (χ3n) is 5.41. The molecule has 2 aromatic rings. The number of nitrogens with one attached hydrogen (secondary N) is 1. The summed E-state index contributed by atoms with van der Waals surface area (Å²) in [7, 11) is 1.69. The summed E-state index contributed by atoms with van der Waals surface area (Å²) in [5.74, 6) is 1.52. The van der Waals surface area contributed by atoms with Crippen molar-refractivity contribution in [2.45, 2.75) is 45.9 Å². The number of benzene rings is 2. The van der Waals surface area contributed by atoms with Crippen molar-refractivity contribution in [3.8, 4) is 11.5 Å². The summed E-state index contributed by atoms with van der Waals surface area (Å²) in [6.45, 7) is 9.06. The van der Waals surface area contributed by atoms with E-state index in [1.54, 1.807) is 7.11 Å². The van der Waals surface area contributed by atoms with Crippen molar-refractivity contribution in [2.24, 2.45) is 0 Å². The minimum absolute atomic E-state index is 0.524. The standard InChI is InChI=1S/C23H31BrN2O2/c1-4-26-10-6-9-20(26)15-25-14-19-12-22(27-3)23(13-21(19)24)28-16-18-8-5-7-17(2)11-18/h5,7-8,11-13,20,25H,4,6,9-10,14-16H2,1-3H3. The van der Waals surface area contributed by atoms with Crippen LogP contribution >= 0.6 is 15.9 Å². The fourth-order valence-electron chi connectivity index (χ4n) is 3.86. The molecule has 1 fully saturated rings. The molecule has 1 N–H and O–H groups in total. The molecule has 0 amide bonds. The molecule has 0 bridgehead atoms. The highest BCUT2D eigenvalue weighted by atomic mass is 79.9. The van der Waals surface area contributed by atoms with E-state index in [9.17, 15) is 0 Å². The number of hydrogen-bond acceptors (Lipinski definition) is 4. The molecule has 0 radical (unpaired) electrons. The molecule has 5 heteroatoms. The average Bonchev–Trinajstić information content (AvgIpc) is 3.15. The average molecular weight is 447 g/mol. The minimum atomic E-state index is 0.524. The number of aryl methyl sites for hydroxylation is 1. The highest BCUT2D eigenvalue weighted by molar-refractivity contribution is 9.10. The Morgan fingerprint density at radius 1 is 1.21 bits per heavy atom. The van der Waals surface area contributed by atoms with Crippen LogP contribution in [0.2, 0.25) is 0 Å². The SMILES string of the molecule is CCN1CCCC1CNCc1cc(OC)c(OCc2cccc(C)c2)cc1Br. The minimum Gasteiger partial charge on any atom is -0.493 e. The van der Waals surface area contributed by atoms with Crippen molar-refractivity contribution in [1.29, 1.82) is 0 Å². The molecular formula is C23H31BrN2O2. The van der Waals surface area contributed by atoms with Gasteiger partial charge in [-0.15, -0.1) is 0 Å². The molecule has 1 aliphatic heterocycles. The van der Waals surface area contributed by atoms with Gasteiger partial charge in [0.05, 0.1) is 7.11 Å². The number of ether oxygens (including phenoxy) is 2. The normalized spacial score (nSPS) is 17.1. The second kappa shape index (κ2) is 10.3. The predicted octanol–water partition coefficient (Wildman–Crippen LogP) is 4.92. The Morgan fingerprint density at radius 2 is 2.07 bits per heavy atom. The van der Waals surface area contributed by atoms with Gasteiger partial charge in [0.25, 0.3) is 0 Å². The summed E-state index contributed by atoms with van der Waals surface area (Å²) in [6, 6.07) is 13.1. The van der Waals surface area contributed by atoms with Crippen LogP contribution in [0.25, 0.3) is 0 Å². The number of likely N-dealkylation sites (N-methyl/N-ethyl adjacent to an activating group) is 1. The van der Waals surface area contributed by atoms with Crippen LogP contribution in [-0.2, 0) is 13.2 Å². The van der Waals surface area contributed by atoms with Gasteiger partial charge in [-0.3, -0.25) is 4.90 Å². The number of halogens is 1. The lowest BCUT2D eigenvalue weighted by Gasteiger charge is -2.23. The molecule has 1 aliphatic rings. The van der Waals surface area contributed by atoms with E-state index in [0.29, 0.717) is 12.6 Å². The maximum absolute atomic E-state index is 6.04. The predicted molar refractivity (Wildman–Crippen MR) is 118 cm³/mol. The second-order valence-electron chi connectivity index (χ2n) is 7.43. The van der Waals surface area contributed by atoms with Crippen molar-refractivity contribution in [1.82, 2.24) is 10.2 Å². The molecule has 1 saturated heterocycles. The Hall–Kier alpha value is -1.56. The molecule has 0 spiro atoms. The van der Waals surface area contributed by atoms with Crippen molar-refractivity contribution >= 4 is 15.9 Å². The fraction of sp³-hybridized carbons (Fsp3) is 0.478.